The molecule has 0 saturated heterocycles. The second kappa shape index (κ2) is 6.58. The molecule has 4 nitrogen and oxygen atoms in total. The summed E-state index contributed by atoms with van der Waals surface area (Å²) in [5, 5.41) is 18.7. The lowest BCUT2D eigenvalue weighted by atomic mass is 10.2. The van der Waals surface area contributed by atoms with E-state index in [2.05, 4.69) is 0 Å². The third-order valence-corrected chi connectivity index (χ3v) is 2.19. The molecule has 0 aliphatic rings. The standard InChI is InChI=1S/C13H16O4/c1-2-3-9-17-12(15)8-7-10-5-4-6-11(14)13(10)16/h4-8,14,16H,2-3,9H2,1H3/b8-7+. The Kier molecular flexibility index (Phi) is 5.07. The number of hydrogen-bond acceptors (Lipinski definition) is 4. The van der Waals surface area contributed by atoms with Crippen LogP contribution in [0.2, 0.25) is 0 Å². The Morgan fingerprint density at radius 1 is 1.41 bits per heavy atom. The first kappa shape index (κ1) is 13.1. The van der Waals surface area contributed by atoms with Crippen molar-refractivity contribution >= 4 is 12.0 Å². The van der Waals surface area contributed by atoms with Crippen molar-refractivity contribution in [2.45, 2.75) is 19.8 Å². The molecule has 0 atom stereocenters. The van der Waals surface area contributed by atoms with E-state index >= 15 is 0 Å². The highest BCUT2D eigenvalue weighted by Crippen LogP contribution is 2.28. The van der Waals surface area contributed by atoms with Crippen molar-refractivity contribution in [3.63, 3.8) is 0 Å². The lowest BCUT2D eigenvalue weighted by Crippen LogP contribution is -2.01. The number of hydrogen-bond donors (Lipinski definition) is 2. The summed E-state index contributed by atoms with van der Waals surface area (Å²) < 4.78 is 4.90. The monoisotopic (exact) mass is 236 g/mol. The molecule has 0 aliphatic carbocycles. The number of phenolic OH excluding ortho intramolecular Hbond substituents is 2. The van der Waals surface area contributed by atoms with Gasteiger partial charge in [0.25, 0.3) is 0 Å². The van der Waals surface area contributed by atoms with Gasteiger partial charge in [0.1, 0.15) is 0 Å². The molecule has 0 radical (unpaired) electrons. The molecule has 0 aliphatic heterocycles. The molecular weight excluding hydrogens is 220 g/mol. The average Bonchev–Trinajstić information content (AvgIpc) is 2.31. The molecule has 4 heteroatoms. The van der Waals surface area contributed by atoms with E-state index in [9.17, 15) is 15.0 Å². The van der Waals surface area contributed by atoms with Crippen molar-refractivity contribution in [1.29, 1.82) is 0 Å². The molecule has 0 unspecified atom stereocenters. The van der Waals surface area contributed by atoms with Crippen LogP contribution in [0.3, 0.4) is 0 Å². The van der Waals surface area contributed by atoms with E-state index in [1.807, 2.05) is 6.92 Å². The highest BCUT2D eigenvalue weighted by Gasteiger charge is 2.03. The number of rotatable bonds is 5. The minimum atomic E-state index is -0.457. The van der Waals surface area contributed by atoms with Crippen molar-refractivity contribution in [3.8, 4) is 11.5 Å². The van der Waals surface area contributed by atoms with Crippen LogP contribution in [-0.4, -0.2) is 22.8 Å². The van der Waals surface area contributed by atoms with Gasteiger partial charge in [0.2, 0.25) is 0 Å². The molecule has 0 saturated carbocycles. The van der Waals surface area contributed by atoms with Gasteiger partial charge in [-0.25, -0.2) is 4.79 Å². The van der Waals surface area contributed by atoms with Crippen molar-refractivity contribution in [2.24, 2.45) is 0 Å². The normalized spacial score (nSPS) is 10.6. The maximum atomic E-state index is 11.2. The zero-order chi connectivity index (χ0) is 12.7. The predicted octanol–water partition coefficient (Wildman–Crippen LogP) is 2.45. The van der Waals surface area contributed by atoms with Crippen molar-refractivity contribution in [1.82, 2.24) is 0 Å². The summed E-state index contributed by atoms with van der Waals surface area (Å²) in [7, 11) is 0. The van der Waals surface area contributed by atoms with Gasteiger partial charge >= 0.3 is 5.97 Å². The maximum Gasteiger partial charge on any atom is 0.330 e. The second-order valence-electron chi connectivity index (χ2n) is 3.57. The number of carbonyl (C=O) groups is 1. The zero-order valence-electron chi connectivity index (χ0n) is 9.72. The first-order valence-electron chi connectivity index (χ1n) is 5.51. The molecule has 17 heavy (non-hydrogen) atoms. The minimum Gasteiger partial charge on any atom is -0.504 e. The van der Waals surface area contributed by atoms with E-state index in [0.717, 1.165) is 12.8 Å². The number of unbranched alkanes of at least 4 members (excludes halogenated alkanes) is 1. The molecular formula is C13H16O4. The number of esters is 1. The third-order valence-electron chi connectivity index (χ3n) is 2.19. The van der Waals surface area contributed by atoms with E-state index in [4.69, 9.17) is 4.74 Å². The molecule has 0 amide bonds. The molecule has 1 aromatic rings. The summed E-state index contributed by atoms with van der Waals surface area (Å²) >= 11 is 0. The highest BCUT2D eigenvalue weighted by atomic mass is 16.5. The molecule has 1 aromatic carbocycles. The SMILES string of the molecule is CCCCOC(=O)/C=C/c1cccc(O)c1O. The van der Waals surface area contributed by atoms with Crippen molar-refractivity contribution in [2.75, 3.05) is 6.61 Å². The Bertz CT molecular complexity index is 410. The summed E-state index contributed by atoms with van der Waals surface area (Å²) in [5.74, 6) is -0.919. The maximum absolute atomic E-state index is 11.2. The summed E-state index contributed by atoms with van der Waals surface area (Å²) in [6, 6.07) is 4.54. The molecule has 1 rings (SSSR count). The Balaban J connectivity index is 2.58. The van der Waals surface area contributed by atoms with Gasteiger partial charge in [-0.2, -0.15) is 0 Å². The smallest absolute Gasteiger partial charge is 0.330 e. The van der Waals surface area contributed by atoms with Crippen molar-refractivity contribution in [3.05, 3.63) is 29.8 Å². The van der Waals surface area contributed by atoms with Crippen LogP contribution in [0.1, 0.15) is 25.3 Å². The van der Waals surface area contributed by atoms with Gasteiger partial charge in [-0.1, -0.05) is 25.5 Å². The summed E-state index contributed by atoms with van der Waals surface area (Å²) in [5.41, 5.74) is 0.373. The largest absolute Gasteiger partial charge is 0.504 e. The number of ether oxygens (including phenoxy) is 1. The summed E-state index contributed by atoms with van der Waals surface area (Å²) in [4.78, 5) is 11.2. The van der Waals surface area contributed by atoms with Crippen LogP contribution in [-0.2, 0) is 9.53 Å². The quantitative estimate of drug-likeness (QED) is 0.356. The molecule has 0 aromatic heterocycles. The van der Waals surface area contributed by atoms with Gasteiger partial charge in [0.05, 0.1) is 6.61 Å². The molecule has 2 N–H and O–H groups in total. The fourth-order valence-corrected chi connectivity index (χ4v) is 1.21. The van der Waals surface area contributed by atoms with Crippen molar-refractivity contribution < 1.29 is 19.7 Å². The van der Waals surface area contributed by atoms with Gasteiger partial charge in [0, 0.05) is 11.6 Å². The predicted molar refractivity (Wildman–Crippen MR) is 64.7 cm³/mol. The molecule has 0 spiro atoms. The van der Waals surface area contributed by atoms with E-state index in [0.29, 0.717) is 12.2 Å². The fourth-order valence-electron chi connectivity index (χ4n) is 1.21. The Labute approximate surface area is 100 Å². The van der Waals surface area contributed by atoms with Crippen LogP contribution in [0.4, 0.5) is 0 Å². The Hall–Kier alpha value is -1.97. The van der Waals surface area contributed by atoms with E-state index in [-0.39, 0.29) is 11.5 Å². The summed E-state index contributed by atoms with van der Waals surface area (Å²) in [6.45, 7) is 2.40. The van der Waals surface area contributed by atoms with Crippen LogP contribution in [0.5, 0.6) is 11.5 Å². The first-order chi connectivity index (χ1) is 8.15. The number of aromatic hydroxyl groups is 2. The van der Waals surface area contributed by atoms with Crippen LogP contribution < -0.4 is 0 Å². The topological polar surface area (TPSA) is 66.8 Å². The van der Waals surface area contributed by atoms with Crippen LogP contribution in [0.15, 0.2) is 24.3 Å². The van der Waals surface area contributed by atoms with Gasteiger partial charge in [0.15, 0.2) is 11.5 Å². The van der Waals surface area contributed by atoms with Crippen LogP contribution >= 0.6 is 0 Å². The zero-order valence-corrected chi connectivity index (χ0v) is 9.72. The third kappa shape index (κ3) is 4.18. The van der Waals surface area contributed by atoms with E-state index < -0.39 is 5.97 Å². The Morgan fingerprint density at radius 3 is 2.88 bits per heavy atom. The van der Waals surface area contributed by atoms with Crippen LogP contribution in [0.25, 0.3) is 6.08 Å². The van der Waals surface area contributed by atoms with Gasteiger partial charge < -0.3 is 14.9 Å². The number of carbonyl (C=O) groups excluding carboxylic acids is 1. The van der Waals surface area contributed by atoms with Gasteiger partial charge in [-0.05, 0) is 18.6 Å². The Morgan fingerprint density at radius 2 is 2.18 bits per heavy atom. The average molecular weight is 236 g/mol. The number of phenols is 2. The second-order valence-corrected chi connectivity index (χ2v) is 3.57. The summed E-state index contributed by atoms with van der Waals surface area (Å²) in [6.07, 6.45) is 4.43. The van der Waals surface area contributed by atoms with E-state index in [1.54, 1.807) is 12.1 Å². The fraction of sp³-hybridized carbons (Fsp3) is 0.308. The first-order valence-corrected chi connectivity index (χ1v) is 5.51. The molecule has 0 bridgehead atoms. The van der Waals surface area contributed by atoms with E-state index in [1.165, 1.54) is 18.2 Å². The molecule has 0 heterocycles. The van der Waals surface area contributed by atoms with Gasteiger partial charge in [-0.15, -0.1) is 0 Å². The lowest BCUT2D eigenvalue weighted by molar-refractivity contribution is -0.137. The molecule has 92 valence electrons. The minimum absolute atomic E-state index is 0.216. The van der Waals surface area contributed by atoms with Gasteiger partial charge in [-0.3, -0.25) is 0 Å². The number of benzene rings is 1. The number of para-hydroxylation sites is 1. The lowest BCUT2D eigenvalue weighted by Gasteiger charge is -2.01. The highest BCUT2D eigenvalue weighted by molar-refractivity contribution is 5.87. The van der Waals surface area contributed by atoms with Crippen LogP contribution in [0, 0.1) is 0 Å². The molecule has 0 fully saturated rings.